The summed E-state index contributed by atoms with van der Waals surface area (Å²) >= 11 is 0. The molecular weight excluding hydrogens is 250 g/mol. The molecule has 20 heavy (non-hydrogen) atoms. The minimum absolute atomic E-state index is 0.0924. The number of rotatable bonds is 2. The molecule has 0 aromatic carbocycles. The van der Waals surface area contributed by atoms with Crippen LogP contribution in [0.3, 0.4) is 0 Å². The molecule has 3 rings (SSSR count). The Labute approximate surface area is 122 Å². The second kappa shape index (κ2) is 5.64. The van der Waals surface area contributed by atoms with E-state index in [9.17, 15) is 4.79 Å². The Balaban J connectivity index is 1.64. The Hall–Kier alpha value is -0.610. The molecule has 1 aliphatic carbocycles. The lowest BCUT2D eigenvalue weighted by Crippen LogP contribution is -2.54. The van der Waals surface area contributed by atoms with Gasteiger partial charge in [0.15, 0.2) is 0 Å². The molecule has 4 nitrogen and oxygen atoms in total. The lowest BCUT2D eigenvalue weighted by molar-refractivity contribution is -0.135. The first kappa shape index (κ1) is 14.3. The van der Waals surface area contributed by atoms with Crippen molar-refractivity contribution < 1.29 is 4.79 Å². The predicted octanol–water partition coefficient (Wildman–Crippen LogP) is 1.37. The zero-order valence-electron chi connectivity index (χ0n) is 13.0. The van der Waals surface area contributed by atoms with Crippen LogP contribution in [0.2, 0.25) is 0 Å². The molecule has 2 aliphatic heterocycles. The van der Waals surface area contributed by atoms with Gasteiger partial charge in [-0.15, -0.1) is 0 Å². The molecule has 3 aliphatic rings. The third-order valence-electron chi connectivity index (χ3n) is 6.03. The first-order valence-corrected chi connectivity index (χ1v) is 8.34. The van der Waals surface area contributed by atoms with E-state index in [2.05, 4.69) is 29.5 Å². The molecule has 2 unspecified atom stereocenters. The number of fused-ring (bicyclic) bond motifs is 1. The van der Waals surface area contributed by atoms with E-state index in [0.717, 1.165) is 38.9 Å². The average Bonchev–Trinajstić information content (AvgIpc) is 2.88. The predicted molar refractivity (Wildman–Crippen MR) is 80.5 cm³/mol. The lowest BCUT2D eigenvalue weighted by Gasteiger charge is -2.40. The molecule has 0 spiro atoms. The summed E-state index contributed by atoms with van der Waals surface area (Å²) in [4.78, 5) is 15.3. The number of hydrogen-bond acceptors (Lipinski definition) is 3. The number of hydrogen-bond donors (Lipinski definition) is 2. The number of amides is 1. The molecule has 1 saturated carbocycles. The van der Waals surface area contributed by atoms with E-state index in [1.807, 2.05) is 0 Å². The molecule has 2 heterocycles. The Bertz CT molecular complexity index is 373. The van der Waals surface area contributed by atoms with Crippen molar-refractivity contribution in [3.8, 4) is 0 Å². The van der Waals surface area contributed by atoms with Gasteiger partial charge in [0.1, 0.15) is 0 Å². The van der Waals surface area contributed by atoms with Gasteiger partial charge in [-0.1, -0.05) is 12.8 Å². The summed E-state index contributed by atoms with van der Waals surface area (Å²) in [7, 11) is 2.18. The van der Waals surface area contributed by atoms with E-state index in [4.69, 9.17) is 0 Å². The van der Waals surface area contributed by atoms with Gasteiger partial charge in [0, 0.05) is 25.2 Å². The largest absolute Gasteiger partial charge is 0.353 e. The number of likely N-dealkylation sites (tertiary alicyclic amines) is 1. The third-order valence-corrected chi connectivity index (χ3v) is 6.03. The van der Waals surface area contributed by atoms with Crippen LogP contribution in [0.25, 0.3) is 0 Å². The normalized spacial score (nSPS) is 42.2. The Morgan fingerprint density at radius 1 is 1.35 bits per heavy atom. The van der Waals surface area contributed by atoms with E-state index in [1.165, 1.54) is 19.3 Å². The standard InChI is InChI=1S/C16H29N3O/c1-12-9-14(6-8-19(12)2)18-15(20)16-7-4-3-5-13(16)10-17-11-16/h12-14,17H,3-11H2,1-2H3,(H,18,20)/t12?,13-,14?,16+/m0/s1. The van der Waals surface area contributed by atoms with Crippen LogP contribution < -0.4 is 10.6 Å². The Morgan fingerprint density at radius 2 is 2.20 bits per heavy atom. The topological polar surface area (TPSA) is 44.4 Å². The smallest absolute Gasteiger partial charge is 0.228 e. The van der Waals surface area contributed by atoms with Crippen LogP contribution in [0.5, 0.6) is 0 Å². The lowest BCUT2D eigenvalue weighted by atomic mass is 9.67. The van der Waals surface area contributed by atoms with Crippen molar-refractivity contribution in [2.75, 3.05) is 26.7 Å². The van der Waals surface area contributed by atoms with Crippen LogP contribution >= 0.6 is 0 Å². The molecule has 2 saturated heterocycles. The molecule has 3 fully saturated rings. The Kier molecular flexibility index (Phi) is 4.04. The minimum atomic E-state index is -0.0924. The van der Waals surface area contributed by atoms with E-state index >= 15 is 0 Å². The maximum Gasteiger partial charge on any atom is 0.228 e. The quantitative estimate of drug-likeness (QED) is 0.802. The van der Waals surface area contributed by atoms with Crippen LogP contribution in [0, 0.1) is 11.3 Å². The summed E-state index contributed by atoms with van der Waals surface area (Å²) in [5.41, 5.74) is -0.0924. The number of carbonyl (C=O) groups excluding carboxylic acids is 1. The zero-order chi connectivity index (χ0) is 14.2. The van der Waals surface area contributed by atoms with E-state index in [0.29, 0.717) is 23.9 Å². The van der Waals surface area contributed by atoms with Gasteiger partial charge < -0.3 is 15.5 Å². The van der Waals surface area contributed by atoms with E-state index in [1.54, 1.807) is 0 Å². The van der Waals surface area contributed by atoms with Gasteiger partial charge in [0.25, 0.3) is 0 Å². The van der Waals surface area contributed by atoms with Crippen molar-refractivity contribution >= 4 is 5.91 Å². The molecule has 114 valence electrons. The number of carbonyl (C=O) groups is 1. The molecular formula is C16H29N3O. The first-order valence-electron chi connectivity index (χ1n) is 8.34. The van der Waals surface area contributed by atoms with E-state index in [-0.39, 0.29) is 5.41 Å². The van der Waals surface area contributed by atoms with Gasteiger partial charge >= 0.3 is 0 Å². The minimum Gasteiger partial charge on any atom is -0.353 e. The third kappa shape index (κ3) is 2.48. The van der Waals surface area contributed by atoms with Crippen molar-refractivity contribution in [3.63, 3.8) is 0 Å². The zero-order valence-corrected chi connectivity index (χ0v) is 13.0. The molecule has 0 bridgehead atoms. The summed E-state index contributed by atoms with van der Waals surface area (Å²) < 4.78 is 0. The van der Waals surface area contributed by atoms with Gasteiger partial charge in [0.2, 0.25) is 5.91 Å². The molecule has 0 radical (unpaired) electrons. The summed E-state index contributed by atoms with van der Waals surface area (Å²) in [5, 5.41) is 6.87. The molecule has 4 atom stereocenters. The van der Waals surface area contributed by atoms with E-state index < -0.39 is 0 Å². The summed E-state index contributed by atoms with van der Waals surface area (Å²) in [6, 6.07) is 0.960. The van der Waals surface area contributed by atoms with Crippen molar-refractivity contribution in [1.82, 2.24) is 15.5 Å². The van der Waals surface area contributed by atoms with Crippen molar-refractivity contribution in [2.45, 2.75) is 57.5 Å². The molecule has 2 N–H and O–H groups in total. The Morgan fingerprint density at radius 3 is 3.00 bits per heavy atom. The van der Waals surface area contributed by atoms with Crippen molar-refractivity contribution in [1.29, 1.82) is 0 Å². The highest BCUT2D eigenvalue weighted by Gasteiger charge is 2.50. The second-order valence-electron chi connectivity index (χ2n) is 7.25. The summed E-state index contributed by atoms with van der Waals surface area (Å²) in [6.45, 7) is 5.29. The highest BCUT2D eigenvalue weighted by molar-refractivity contribution is 5.84. The van der Waals surface area contributed by atoms with Crippen molar-refractivity contribution in [3.05, 3.63) is 0 Å². The van der Waals surface area contributed by atoms with Gasteiger partial charge in [-0.2, -0.15) is 0 Å². The number of piperidine rings is 1. The molecule has 0 aromatic rings. The van der Waals surface area contributed by atoms with Gasteiger partial charge in [-0.3, -0.25) is 4.79 Å². The van der Waals surface area contributed by atoms with Crippen LogP contribution in [0.4, 0.5) is 0 Å². The monoisotopic (exact) mass is 279 g/mol. The summed E-state index contributed by atoms with van der Waals surface area (Å²) in [5.74, 6) is 0.911. The van der Waals surface area contributed by atoms with Crippen LogP contribution in [0.1, 0.15) is 45.4 Å². The number of nitrogens with zero attached hydrogens (tertiary/aromatic N) is 1. The molecule has 0 aromatic heterocycles. The molecule has 4 heteroatoms. The van der Waals surface area contributed by atoms with Crippen LogP contribution in [-0.2, 0) is 4.79 Å². The highest BCUT2D eigenvalue weighted by atomic mass is 16.2. The fourth-order valence-electron chi connectivity index (χ4n) is 4.44. The maximum atomic E-state index is 12.9. The van der Waals surface area contributed by atoms with Crippen molar-refractivity contribution in [2.24, 2.45) is 11.3 Å². The van der Waals surface area contributed by atoms with Gasteiger partial charge in [-0.05, 0) is 52.1 Å². The fraction of sp³-hybridized carbons (Fsp3) is 0.938. The summed E-state index contributed by atoms with van der Waals surface area (Å²) in [6.07, 6.45) is 7.02. The van der Waals surface area contributed by atoms with Crippen LogP contribution in [0.15, 0.2) is 0 Å². The van der Waals surface area contributed by atoms with Gasteiger partial charge in [0.05, 0.1) is 5.41 Å². The first-order chi connectivity index (χ1) is 9.62. The molecule has 1 amide bonds. The van der Waals surface area contributed by atoms with Gasteiger partial charge in [-0.25, -0.2) is 0 Å². The SMILES string of the molecule is CC1CC(NC(=O)[C@@]23CCCC[C@H]2CNC3)CCN1C. The fourth-order valence-corrected chi connectivity index (χ4v) is 4.44. The van der Waals surface area contributed by atoms with Crippen LogP contribution in [-0.4, -0.2) is 49.6 Å². The second-order valence-corrected chi connectivity index (χ2v) is 7.25. The average molecular weight is 279 g/mol. The number of nitrogens with one attached hydrogen (secondary N) is 2. The highest BCUT2D eigenvalue weighted by Crippen LogP contribution is 2.44. The maximum absolute atomic E-state index is 12.9.